The zero-order chi connectivity index (χ0) is 12.3. The fourth-order valence-corrected chi connectivity index (χ4v) is 2.54. The SMILES string of the molecule is Cc1ccccc1NC(=O)Cc1sccc1C. The highest BCUT2D eigenvalue weighted by atomic mass is 32.1. The fourth-order valence-electron chi connectivity index (χ4n) is 1.64. The number of benzene rings is 1. The number of hydrogen-bond donors (Lipinski definition) is 1. The Morgan fingerprint density at radius 1 is 1.18 bits per heavy atom. The van der Waals surface area contributed by atoms with Gasteiger partial charge in [-0.1, -0.05) is 18.2 Å². The van der Waals surface area contributed by atoms with Crippen LogP contribution in [0.4, 0.5) is 5.69 Å². The predicted molar refractivity (Wildman–Crippen MR) is 72.6 cm³/mol. The van der Waals surface area contributed by atoms with Gasteiger partial charge in [-0.05, 0) is 42.5 Å². The van der Waals surface area contributed by atoms with Crippen LogP contribution < -0.4 is 5.32 Å². The number of thiophene rings is 1. The molecule has 0 saturated carbocycles. The van der Waals surface area contributed by atoms with E-state index in [1.807, 2.05) is 49.6 Å². The van der Waals surface area contributed by atoms with E-state index < -0.39 is 0 Å². The summed E-state index contributed by atoms with van der Waals surface area (Å²) in [5.74, 6) is 0.0462. The first kappa shape index (κ1) is 11.9. The maximum absolute atomic E-state index is 11.9. The van der Waals surface area contributed by atoms with Crippen LogP contribution in [0.25, 0.3) is 0 Å². The third kappa shape index (κ3) is 2.94. The first-order chi connectivity index (χ1) is 8.16. The Morgan fingerprint density at radius 2 is 1.94 bits per heavy atom. The molecule has 0 radical (unpaired) electrons. The van der Waals surface area contributed by atoms with Crippen molar-refractivity contribution in [3.8, 4) is 0 Å². The van der Waals surface area contributed by atoms with Crippen LogP contribution in [-0.2, 0) is 11.2 Å². The van der Waals surface area contributed by atoms with Crippen LogP contribution in [0.2, 0.25) is 0 Å². The van der Waals surface area contributed by atoms with Crippen molar-refractivity contribution in [1.82, 2.24) is 0 Å². The predicted octanol–water partition coefficient (Wildman–Crippen LogP) is 3.55. The molecule has 0 aliphatic rings. The molecule has 0 aliphatic heterocycles. The molecule has 17 heavy (non-hydrogen) atoms. The van der Waals surface area contributed by atoms with Crippen molar-refractivity contribution >= 4 is 22.9 Å². The second kappa shape index (κ2) is 5.15. The minimum absolute atomic E-state index is 0.0462. The molecule has 1 N–H and O–H groups in total. The highest BCUT2D eigenvalue weighted by molar-refractivity contribution is 7.10. The van der Waals surface area contributed by atoms with Gasteiger partial charge in [0, 0.05) is 10.6 Å². The average molecular weight is 245 g/mol. The molecule has 0 aliphatic carbocycles. The zero-order valence-electron chi connectivity index (χ0n) is 9.99. The number of carbonyl (C=O) groups is 1. The van der Waals surface area contributed by atoms with Crippen molar-refractivity contribution in [3.63, 3.8) is 0 Å². The van der Waals surface area contributed by atoms with Gasteiger partial charge in [0.15, 0.2) is 0 Å². The van der Waals surface area contributed by atoms with Crippen LogP contribution >= 0.6 is 11.3 Å². The number of anilines is 1. The largest absolute Gasteiger partial charge is 0.326 e. The maximum Gasteiger partial charge on any atom is 0.229 e. The van der Waals surface area contributed by atoms with Crippen LogP contribution in [0.1, 0.15) is 16.0 Å². The number of para-hydroxylation sites is 1. The Hall–Kier alpha value is -1.61. The molecule has 1 amide bonds. The van der Waals surface area contributed by atoms with Crippen molar-refractivity contribution in [2.24, 2.45) is 0 Å². The van der Waals surface area contributed by atoms with E-state index in [9.17, 15) is 4.79 Å². The Labute approximate surface area is 105 Å². The van der Waals surface area contributed by atoms with Crippen LogP contribution in [0.5, 0.6) is 0 Å². The van der Waals surface area contributed by atoms with Crippen molar-refractivity contribution in [1.29, 1.82) is 0 Å². The molecule has 0 saturated heterocycles. The first-order valence-corrected chi connectivity index (χ1v) is 6.43. The van der Waals surface area contributed by atoms with Gasteiger partial charge in [0.05, 0.1) is 6.42 Å². The summed E-state index contributed by atoms with van der Waals surface area (Å²) >= 11 is 1.63. The molecule has 3 heteroatoms. The lowest BCUT2D eigenvalue weighted by Crippen LogP contribution is -2.14. The van der Waals surface area contributed by atoms with Gasteiger partial charge in [-0.25, -0.2) is 0 Å². The molecular weight excluding hydrogens is 230 g/mol. The quantitative estimate of drug-likeness (QED) is 0.880. The van der Waals surface area contributed by atoms with E-state index in [4.69, 9.17) is 0 Å². The summed E-state index contributed by atoms with van der Waals surface area (Å²) in [6.45, 7) is 4.03. The summed E-state index contributed by atoms with van der Waals surface area (Å²) in [6.07, 6.45) is 0.456. The molecular formula is C14H15NOS. The normalized spacial score (nSPS) is 10.2. The molecule has 88 valence electrons. The minimum Gasteiger partial charge on any atom is -0.326 e. The molecule has 1 aromatic carbocycles. The summed E-state index contributed by atoms with van der Waals surface area (Å²) in [6, 6.07) is 9.86. The summed E-state index contributed by atoms with van der Waals surface area (Å²) in [5.41, 5.74) is 3.17. The smallest absolute Gasteiger partial charge is 0.229 e. The van der Waals surface area contributed by atoms with Crippen LogP contribution in [0.3, 0.4) is 0 Å². The average Bonchev–Trinajstić information content (AvgIpc) is 2.68. The molecule has 2 rings (SSSR count). The first-order valence-electron chi connectivity index (χ1n) is 5.55. The molecule has 0 atom stereocenters. The standard InChI is InChI=1S/C14H15NOS/c1-10-5-3-4-6-12(10)15-14(16)9-13-11(2)7-8-17-13/h3-8H,9H2,1-2H3,(H,15,16). The van der Waals surface area contributed by atoms with Crippen LogP contribution in [0, 0.1) is 13.8 Å². The maximum atomic E-state index is 11.9. The number of hydrogen-bond acceptors (Lipinski definition) is 2. The van der Waals surface area contributed by atoms with Crippen LogP contribution in [0.15, 0.2) is 35.7 Å². The second-order valence-electron chi connectivity index (χ2n) is 4.07. The molecule has 1 heterocycles. The summed E-state index contributed by atoms with van der Waals surface area (Å²) in [5, 5.41) is 4.96. The van der Waals surface area contributed by atoms with E-state index in [0.29, 0.717) is 6.42 Å². The molecule has 1 aromatic heterocycles. The van der Waals surface area contributed by atoms with Gasteiger partial charge in [0.1, 0.15) is 0 Å². The Balaban J connectivity index is 2.03. The van der Waals surface area contributed by atoms with E-state index in [1.54, 1.807) is 11.3 Å². The third-order valence-electron chi connectivity index (χ3n) is 2.71. The van der Waals surface area contributed by atoms with Gasteiger partial charge in [-0.2, -0.15) is 0 Å². The number of carbonyl (C=O) groups excluding carboxylic acids is 1. The van der Waals surface area contributed by atoms with E-state index in [1.165, 1.54) is 5.56 Å². The monoisotopic (exact) mass is 245 g/mol. The van der Waals surface area contributed by atoms with Gasteiger partial charge in [-0.15, -0.1) is 11.3 Å². The summed E-state index contributed by atoms with van der Waals surface area (Å²) in [4.78, 5) is 13.0. The fraction of sp³-hybridized carbons (Fsp3) is 0.214. The summed E-state index contributed by atoms with van der Waals surface area (Å²) < 4.78 is 0. The number of nitrogens with one attached hydrogen (secondary N) is 1. The lowest BCUT2D eigenvalue weighted by atomic mass is 10.2. The lowest BCUT2D eigenvalue weighted by molar-refractivity contribution is -0.115. The van der Waals surface area contributed by atoms with Crippen molar-refractivity contribution in [2.45, 2.75) is 20.3 Å². The van der Waals surface area contributed by atoms with Gasteiger partial charge in [-0.3, -0.25) is 4.79 Å². The molecule has 2 aromatic rings. The molecule has 0 unspecified atom stereocenters. The Morgan fingerprint density at radius 3 is 2.59 bits per heavy atom. The van der Waals surface area contributed by atoms with E-state index >= 15 is 0 Å². The van der Waals surface area contributed by atoms with E-state index in [0.717, 1.165) is 16.1 Å². The highest BCUT2D eigenvalue weighted by Crippen LogP contribution is 2.18. The van der Waals surface area contributed by atoms with Crippen molar-refractivity contribution in [3.05, 3.63) is 51.7 Å². The lowest BCUT2D eigenvalue weighted by Gasteiger charge is -2.07. The topological polar surface area (TPSA) is 29.1 Å². The number of aryl methyl sites for hydroxylation is 2. The number of rotatable bonds is 3. The van der Waals surface area contributed by atoms with Gasteiger partial charge < -0.3 is 5.32 Å². The van der Waals surface area contributed by atoms with Gasteiger partial charge in [0.2, 0.25) is 5.91 Å². The zero-order valence-corrected chi connectivity index (χ0v) is 10.8. The second-order valence-corrected chi connectivity index (χ2v) is 5.07. The number of amides is 1. The van der Waals surface area contributed by atoms with Crippen molar-refractivity contribution < 1.29 is 4.79 Å². The molecule has 2 nitrogen and oxygen atoms in total. The van der Waals surface area contributed by atoms with Crippen molar-refractivity contribution in [2.75, 3.05) is 5.32 Å². The van der Waals surface area contributed by atoms with E-state index in [-0.39, 0.29) is 5.91 Å². The Bertz CT molecular complexity index is 531. The van der Waals surface area contributed by atoms with Gasteiger partial charge in [0.25, 0.3) is 0 Å². The third-order valence-corrected chi connectivity index (χ3v) is 3.73. The molecule has 0 spiro atoms. The molecule has 0 fully saturated rings. The Kier molecular flexibility index (Phi) is 3.59. The minimum atomic E-state index is 0.0462. The highest BCUT2D eigenvalue weighted by Gasteiger charge is 2.08. The van der Waals surface area contributed by atoms with E-state index in [2.05, 4.69) is 5.32 Å². The van der Waals surface area contributed by atoms with Crippen LogP contribution in [-0.4, -0.2) is 5.91 Å². The van der Waals surface area contributed by atoms with Gasteiger partial charge >= 0.3 is 0 Å². The molecule has 0 bridgehead atoms. The summed E-state index contributed by atoms with van der Waals surface area (Å²) in [7, 11) is 0.